The molecule has 2 N–H and O–H groups in total. The molecule has 0 bridgehead atoms. The minimum Gasteiger partial charge on any atom is -0.481 e. The van der Waals surface area contributed by atoms with Crippen molar-refractivity contribution in [1.29, 1.82) is 0 Å². The van der Waals surface area contributed by atoms with Crippen molar-refractivity contribution in [2.24, 2.45) is 5.92 Å². The van der Waals surface area contributed by atoms with Gasteiger partial charge in [-0.3, -0.25) is 4.79 Å². The monoisotopic (exact) mass is 268 g/mol. The number of hydrogen-bond donors (Lipinski definition) is 2. The summed E-state index contributed by atoms with van der Waals surface area (Å²) in [6, 6.07) is 2.97. The van der Waals surface area contributed by atoms with Crippen LogP contribution in [0, 0.1) is 5.92 Å². The number of ether oxygens (including phenoxy) is 1. The fraction of sp³-hybridized carbons (Fsp3) is 0.538. The van der Waals surface area contributed by atoms with E-state index in [9.17, 15) is 9.59 Å². The quantitative estimate of drug-likeness (QED) is 0.849. The van der Waals surface area contributed by atoms with Crippen LogP contribution in [0.3, 0.4) is 0 Å². The highest BCUT2D eigenvalue weighted by Crippen LogP contribution is 2.27. The van der Waals surface area contributed by atoms with Crippen LogP contribution in [0.15, 0.2) is 16.5 Å². The molecule has 0 radical (unpaired) electrons. The Morgan fingerprint density at radius 3 is 2.42 bits per heavy atom. The van der Waals surface area contributed by atoms with Gasteiger partial charge in [-0.05, 0) is 37.8 Å². The van der Waals surface area contributed by atoms with Crippen molar-refractivity contribution in [1.82, 2.24) is 0 Å². The van der Waals surface area contributed by atoms with E-state index in [0.717, 1.165) is 0 Å². The van der Waals surface area contributed by atoms with Crippen LogP contribution in [0.5, 0.6) is 0 Å². The van der Waals surface area contributed by atoms with Gasteiger partial charge in [0.05, 0.1) is 12.0 Å². The van der Waals surface area contributed by atoms with Gasteiger partial charge >= 0.3 is 11.9 Å². The SMILES string of the molecule is O=C(O)c1ccc(COC2CCC(C(=O)O)CC2)o1. The molecule has 0 spiro atoms. The fourth-order valence-electron chi connectivity index (χ4n) is 2.25. The first-order valence-electron chi connectivity index (χ1n) is 6.22. The maximum Gasteiger partial charge on any atom is 0.371 e. The smallest absolute Gasteiger partial charge is 0.371 e. The predicted molar refractivity (Wildman–Crippen MR) is 63.8 cm³/mol. The Hall–Kier alpha value is -1.82. The first kappa shape index (κ1) is 13.6. The molecule has 1 aliphatic rings. The lowest BCUT2D eigenvalue weighted by molar-refractivity contribution is -0.144. The average Bonchev–Trinajstić information content (AvgIpc) is 2.86. The molecule has 1 saturated carbocycles. The van der Waals surface area contributed by atoms with Gasteiger partial charge in [-0.1, -0.05) is 0 Å². The second-order valence-corrected chi connectivity index (χ2v) is 4.69. The highest BCUT2D eigenvalue weighted by Gasteiger charge is 2.26. The van der Waals surface area contributed by atoms with Gasteiger partial charge < -0.3 is 19.4 Å². The standard InChI is InChI=1S/C13H16O6/c14-12(15)8-1-3-9(4-2-8)18-7-10-5-6-11(19-10)13(16)17/h5-6,8-9H,1-4,7H2,(H,14,15)(H,16,17). The summed E-state index contributed by atoms with van der Waals surface area (Å²) >= 11 is 0. The van der Waals surface area contributed by atoms with E-state index in [-0.39, 0.29) is 24.4 Å². The molecule has 1 heterocycles. The van der Waals surface area contributed by atoms with Gasteiger partial charge in [0.15, 0.2) is 0 Å². The highest BCUT2D eigenvalue weighted by atomic mass is 16.5. The molecule has 1 fully saturated rings. The van der Waals surface area contributed by atoms with Crippen molar-refractivity contribution in [2.75, 3.05) is 0 Å². The van der Waals surface area contributed by atoms with Gasteiger partial charge in [0.2, 0.25) is 5.76 Å². The lowest BCUT2D eigenvalue weighted by atomic mass is 9.87. The molecule has 0 atom stereocenters. The summed E-state index contributed by atoms with van der Waals surface area (Å²) in [4.78, 5) is 21.4. The van der Waals surface area contributed by atoms with Gasteiger partial charge in [0, 0.05) is 0 Å². The lowest BCUT2D eigenvalue weighted by Gasteiger charge is -2.25. The largest absolute Gasteiger partial charge is 0.481 e. The lowest BCUT2D eigenvalue weighted by Crippen LogP contribution is -2.25. The molecule has 1 aromatic heterocycles. The zero-order valence-corrected chi connectivity index (χ0v) is 10.4. The van der Waals surface area contributed by atoms with Gasteiger partial charge in [-0.25, -0.2) is 4.79 Å². The van der Waals surface area contributed by atoms with E-state index >= 15 is 0 Å². The Kier molecular flexibility index (Phi) is 4.21. The number of furan rings is 1. The topological polar surface area (TPSA) is 97.0 Å². The fourth-order valence-corrected chi connectivity index (χ4v) is 2.25. The average molecular weight is 268 g/mol. The zero-order chi connectivity index (χ0) is 13.8. The molecule has 2 rings (SSSR count). The van der Waals surface area contributed by atoms with E-state index in [1.165, 1.54) is 6.07 Å². The summed E-state index contributed by atoms with van der Waals surface area (Å²) in [5.41, 5.74) is 0. The van der Waals surface area contributed by atoms with E-state index in [4.69, 9.17) is 19.4 Å². The maximum absolute atomic E-state index is 10.8. The molecule has 104 valence electrons. The summed E-state index contributed by atoms with van der Waals surface area (Å²) < 4.78 is 10.7. The summed E-state index contributed by atoms with van der Waals surface area (Å²) in [6.45, 7) is 0.218. The van der Waals surface area contributed by atoms with Crippen molar-refractivity contribution in [3.63, 3.8) is 0 Å². The third kappa shape index (κ3) is 3.57. The van der Waals surface area contributed by atoms with Crippen LogP contribution in [0.1, 0.15) is 42.0 Å². The molecule has 1 aliphatic carbocycles. The number of carboxylic acid groups (broad SMARTS) is 2. The number of aliphatic carboxylic acids is 1. The molecule has 0 aliphatic heterocycles. The molecule has 0 unspecified atom stereocenters. The normalized spacial score (nSPS) is 23.2. The van der Waals surface area contributed by atoms with Crippen molar-refractivity contribution in [2.45, 2.75) is 38.4 Å². The number of rotatable bonds is 5. The van der Waals surface area contributed by atoms with Gasteiger partial charge in [-0.2, -0.15) is 0 Å². The van der Waals surface area contributed by atoms with E-state index < -0.39 is 11.9 Å². The molecule has 0 saturated heterocycles. The molecular weight excluding hydrogens is 252 g/mol. The Balaban J connectivity index is 1.77. The predicted octanol–water partition coefficient (Wildman–Crippen LogP) is 2.14. The van der Waals surface area contributed by atoms with Crippen molar-refractivity contribution in [3.8, 4) is 0 Å². The van der Waals surface area contributed by atoms with Crippen LogP contribution in [-0.4, -0.2) is 28.3 Å². The highest BCUT2D eigenvalue weighted by molar-refractivity contribution is 5.84. The Morgan fingerprint density at radius 2 is 1.89 bits per heavy atom. The first-order valence-corrected chi connectivity index (χ1v) is 6.22. The van der Waals surface area contributed by atoms with Crippen LogP contribution in [0.25, 0.3) is 0 Å². The molecule has 0 aromatic carbocycles. The minimum absolute atomic E-state index is 0.0222. The summed E-state index contributed by atoms with van der Waals surface area (Å²) in [6.07, 6.45) is 2.69. The van der Waals surface area contributed by atoms with E-state index in [2.05, 4.69) is 0 Å². The molecule has 6 heteroatoms. The van der Waals surface area contributed by atoms with Crippen LogP contribution >= 0.6 is 0 Å². The van der Waals surface area contributed by atoms with E-state index in [1.807, 2.05) is 0 Å². The van der Waals surface area contributed by atoms with Gasteiger partial charge in [0.1, 0.15) is 12.4 Å². The van der Waals surface area contributed by atoms with Crippen LogP contribution in [-0.2, 0) is 16.1 Å². The Labute approximate surface area is 110 Å². The number of carboxylic acids is 2. The number of aromatic carboxylic acids is 1. The van der Waals surface area contributed by atoms with Crippen LogP contribution in [0.4, 0.5) is 0 Å². The Bertz CT molecular complexity index is 455. The first-order chi connectivity index (χ1) is 9.06. The Morgan fingerprint density at radius 1 is 1.21 bits per heavy atom. The van der Waals surface area contributed by atoms with Crippen molar-refractivity contribution >= 4 is 11.9 Å². The number of hydrogen-bond acceptors (Lipinski definition) is 4. The van der Waals surface area contributed by atoms with Gasteiger partial charge in [-0.15, -0.1) is 0 Å². The molecule has 0 amide bonds. The van der Waals surface area contributed by atoms with Crippen LogP contribution in [0.2, 0.25) is 0 Å². The summed E-state index contributed by atoms with van der Waals surface area (Å²) in [5.74, 6) is -1.74. The number of carbonyl (C=O) groups is 2. The van der Waals surface area contributed by atoms with Crippen LogP contribution < -0.4 is 0 Å². The molecule has 6 nitrogen and oxygen atoms in total. The molecule has 19 heavy (non-hydrogen) atoms. The van der Waals surface area contributed by atoms with Crippen molar-refractivity contribution < 1.29 is 29.0 Å². The third-order valence-corrected chi connectivity index (χ3v) is 3.36. The summed E-state index contributed by atoms with van der Waals surface area (Å²) in [5, 5.41) is 17.6. The summed E-state index contributed by atoms with van der Waals surface area (Å²) in [7, 11) is 0. The zero-order valence-electron chi connectivity index (χ0n) is 10.4. The second-order valence-electron chi connectivity index (χ2n) is 4.69. The third-order valence-electron chi connectivity index (χ3n) is 3.36. The second kappa shape index (κ2) is 5.88. The van der Waals surface area contributed by atoms with Gasteiger partial charge in [0.25, 0.3) is 0 Å². The van der Waals surface area contributed by atoms with E-state index in [0.29, 0.717) is 31.4 Å². The maximum atomic E-state index is 10.8. The van der Waals surface area contributed by atoms with Crippen molar-refractivity contribution in [3.05, 3.63) is 23.7 Å². The minimum atomic E-state index is -1.10. The molecular formula is C13H16O6. The molecule has 1 aromatic rings. The van der Waals surface area contributed by atoms with E-state index in [1.54, 1.807) is 6.07 Å².